The zero-order chi connectivity index (χ0) is 10.7. The van der Waals surface area contributed by atoms with Gasteiger partial charge in [0.15, 0.2) is 0 Å². The summed E-state index contributed by atoms with van der Waals surface area (Å²) >= 11 is 5.60. The summed E-state index contributed by atoms with van der Waals surface area (Å²) in [4.78, 5) is 3.77. The topological polar surface area (TPSA) is 99.6 Å². The van der Waals surface area contributed by atoms with E-state index in [1.54, 1.807) is 0 Å². The number of hydrogen-bond donors (Lipinski definition) is 4. The van der Waals surface area contributed by atoms with E-state index in [2.05, 4.69) is 4.98 Å². The van der Waals surface area contributed by atoms with Gasteiger partial charge in [0, 0.05) is 6.20 Å². The summed E-state index contributed by atoms with van der Waals surface area (Å²) in [5.74, 6) is 0. The Labute approximate surface area is 85.8 Å². The van der Waals surface area contributed by atoms with Gasteiger partial charge in [0.1, 0.15) is 12.2 Å². The normalized spacial score (nSPS) is 15.1. The lowest BCUT2D eigenvalue weighted by molar-refractivity contribution is -0.0168. The Bertz CT molecular complexity index is 321. The smallest absolute Gasteiger partial charge is 0.126 e. The highest BCUT2D eigenvalue weighted by Gasteiger charge is 2.21. The largest absolute Gasteiger partial charge is 0.397 e. The maximum atomic E-state index is 9.47. The highest BCUT2D eigenvalue weighted by molar-refractivity contribution is 6.30. The van der Waals surface area contributed by atoms with Crippen LogP contribution < -0.4 is 5.73 Å². The second-order valence-corrected chi connectivity index (χ2v) is 3.26. The molecule has 1 aromatic rings. The predicted molar refractivity (Wildman–Crippen MR) is 51.7 cm³/mol. The van der Waals surface area contributed by atoms with Gasteiger partial charge >= 0.3 is 0 Å². The van der Waals surface area contributed by atoms with Crippen molar-refractivity contribution in [2.75, 3.05) is 12.3 Å². The Morgan fingerprint density at radius 3 is 2.64 bits per heavy atom. The van der Waals surface area contributed by atoms with E-state index in [1.807, 2.05) is 0 Å². The summed E-state index contributed by atoms with van der Waals surface area (Å²) < 4.78 is 0. The van der Waals surface area contributed by atoms with E-state index in [0.717, 1.165) is 0 Å². The minimum Gasteiger partial charge on any atom is -0.397 e. The molecule has 1 aromatic heterocycles. The van der Waals surface area contributed by atoms with Crippen LogP contribution in [0.15, 0.2) is 12.3 Å². The summed E-state index contributed by atoms with van der Waals surface area (Å²) in [5, 5.41) is 27.6. The van der Waals surface area contributed by atoms with Gasteiger partial charge in [-0.3, -0.25) is 4.98 Å². The number of pyridine rings is 1. The van der Waals surface area contributed by atoms with Crippen LogP contribution in [0.3, 0.4) is 0 Å². The fraction of sp³-hybridized carbons (Fsp3) is 0.375. The van der Waals surface area contributed by atoms with Gasteiger partial charge < -0.3 is 21.1 Å². The molecule has 1 heterocycles. The van der Waals surface area contributed by atoms with Gasteiger partial charge in [-0.05, 0) is 6.07 Å². The molecule has 0 aliphatic heterocycles. The van der Waals surface area contributed by atoms with E-state index in [1.165, 1.54) is 12.3 Å². The summed E-state index contributed by atoms with van der Waals surface area (Å²) in [6.07, 6.45) is -1.30. The number of nitrogens with zero attached hydrogens (tertiary/aromatic N) is 1. The molecule has 0 saturated carbocycles. The standard InChI is InChI=1S/C8H11ClN2O3/c9-4-1-5(10)7(11-2-4)8(14)6(13)3-12/h1-2,6,8,12-14H,3,10H2. The van der Waals surface area contributed by atoms with Crippen LogP contribution in [0.5, 0.6) is 0 Å². The number of hydrogen-bond acceptors (Lipinski definition) is 5. The van der Waals surface area contributed by atoms with Gasteiger partial charge in [0.2, 0.25) is 0 Å². The minimum absolute atomic E-state index is 0.107. The molecule has 2 unspecified atom stereocenters. The number of aliphatic hydroxyl groups excluding tert-OH is 3. The minimum atomic E-state index is -1.31. The summed E-state index contributed by atoms with van der Waals surface area (Å²) in [6, 6.07) is 1.41. The van der Waals surface area contributed by atoms with Gasteiger partial charge in [-0.25, -0.2) is 0 Å². The summed E-state index contributed by atoms with van der Waals surface area (Å²) in [5.41, 5.74) is 5.80. The molecule has 6 heteroatoms. The van der Waals surface area contributed by atoms with E-state index in [9.17, 15) is 5.11 Å². The molecule has 0 aliphatic rings. The van der Waals surface area contributed by atoms with Gasteiger partial charge in [0.25, 0.3) is 0 Å². The third kappa shape index (κ3) is 2.33. The van der Waals surface area contributed by atoms with Crippen molar-refractivity contribution >= 4 is 17.3 Å². The Kier molecular flexibility index (Phi) is 3.65. The first-order chi connectivity index (χ1) is 6.56. The maximum Gasteiger partial charge on any atom is 0.126 e. The lowest BCUT2D eigenvalue weighted by Gasteiger charge is -2.16. The zero-order valence-corrected chi connectivity index (χ0v) is 8.02. The van der Waals surface area contributed by atoms with Crippen LogP contribution in [0.4, 0.5) is 5.69 Å². The monoisotopic (exact) mass is 218 g/mol. The molecular formula is C8H11ClN2O3. The molecule has 0 aromatic carbocycles. The fourth-order valence-electron chi connectivity index (χ4n) is 0.995. The van der Waals surface area contributed by atoms with E-state index in [0.29, 0.717) is 5.02 Å². The molecule has 2 atom stereocenters. The molecule has 5 nitrogen and oxygen atoms in total. The molecule has 5 N–H and O–H groups in total. The number of rotatable bonds is 3. The van der Waals surface area contributed by atoms with Crippen molar-refractivity contribution in [3.8, 4) is 0 Å². The zero-order valence-electron chi connectivity index (χ0n) is 7.26. The van der Waals surface area contributed by atoms with Gasteiger partial charge in [-0.2, -0.15) is 0 Å². The van der Waals surface area contributed by atoms with Crippen LogP contribution >= 0.6 is 11.6 Å². The second-order valence-electron chi connectivity index (χ2n) is 2.82. The summed E-state index contributed by atoms with van der Waals surface area (Å²) in [6.45, 7) is -0.565. The van der Waals surface area contributed by atoms with E-state index in [-0.39, 0.29) is 11.4 Å². The summed E-state index contributed by atoms with van der Waals surface area (Å²) in [7, 11) is 0. The van der Waals surface area contributed by atoms with Gasteiger partial charge in [0.05, 0.1) is 23.0 Å². The first-order valence-electron chi connectivity index (χ1n) is 3.94. The molecule has 0 spiro atoms. The predicted octanol–water partition coefficient (Wildman–Crippen LogP) is -0.296. The average molecular weight is 219 g/mol. The van der Waals surface area contributed by atoms with Crippen LogP contribution in [0, 0.1) is 0 Å². The number of aliphatic hydroxyl groups is 3. The van der Waals surface area contributed by atoms with Crippen molar-refractivity contribution in [2.45, 2.75) is 12.2 Å². The molecule has 0 saturated heterocycles. The van der Waals surface area contributed by atoms with E-state index >= 15 is 0 Å². The SMILES string of the molecule is Nc1cc(Cl)cnc1C(O)C(O)CO. The van der Waals surface area contributed by atoms with Crippen LogP contribution in [-0.4, -0.2) is 33.0 Å². The highest BCUT2D eigenvalue weighted by atomic mass is 35.5. The van der Waals surface area contributed by atoms with Gasteiger partial charge in [-0.1, -0.05) is 11.6 Å². The van der Waals surface area contributed by atoms with Crippen molar-refractivity contribution < 1.29 is 15.3 Å². The number of anilines is 1. The van der Waals surface area contributed by atoms with Crippen LogP contribution in [0.2, 0.25) is 5.02 Å². The molecule has 78 valence electrons. The molecule has 0 amide bonds. The quantitative estimate of drug-likeness (QED) is 0.559. The van der Waals surface area contributed by atoms with Gasteiger partial charge in [-0.15, -0.1) is 0 Å². The van der Waals surface area contributed by atoms with Crippen LogP contribution in [0.25, 0.3) is 0 Å². The average Bonchev–Trinajstić information content (AvgIpc) is 2.15. The fourth-order valence-corrected chi connectivity index (χ4v) is 1.16. The Balaban J connectivity index is 2.95. The molecule has 0 bridgehead atoms. The third-order valence-electron chi connectivity index (χ3n) is 1.75. The molecular weight excluding hydrogens is 208 g/mol. The second kappa shape index (κ2) is 4.56. The van der Waals surface area contributed by atoms with Crippen molar-refractivity contribution in [1.29, 1.82) is 0 Å². The first kappa shape index (κ1) is 11.2. The molecule has 1 rings (SSSR count). The van der Waals surface area contributed by atoms with Crippen molar-refractivity contribution in [2.24, 2.45) is 0 Å². The van der Waals surface area contributed by atoms with Crippen LogP contribution in [0.1, 0.15) is 11.8 Å². The number of halogens is 1. The van der Waals surface area contributed by atoms with E-state index in [4.69, 9.17) is 27.5 Å². The highest BCUT2D eigenvalue weighted by Crippen LogP contribution is 2.23. The van der Waals surface area contributed by atoms with Crippen molar-refractivity contribution in [3.05, 3.63) is 23.0 Å². The lowest BCUT2D eigenvalue weighted by Crippen LogP contribution is -2.23. The molecule has 14 heavy (non-hydrogen) atoms. The number of nitrogen functional groups attached to an aromatic ring is 1. The van der Waals surface area contributed by atoms with E-state index < -0.39 is 18.8 Å². The number of nitrogens with two attached hydrogens (primary N) is 1. The van der Waals surface area contributed by atoms with Crippen molar-refractivity contribution in [1.82, 2.24) is 4.98 Å². The Morgan fingerprint density at radius 2 is 2.14 bits per heavy atom. The maximum absolute atomic E-state index is 9.47. The van der Waals surface area contributed by atoms with Crippen molar-refractivity contribution in [3.63, 3.8) is 0 Å². The first-order valence-corrected chi connectivity index (χ1v) is 4.32. The molecule has 0 radical (unpaired) electrons. The third-order valence-corrected chi connectivity index (χ3v) is 1.95. The lowest BCUT2D eigenvalue weighted by atomic mass is 10.1. The number of aromatic nitrogens is 1. The molecule has 0 fully saturated rings. The van der Waals surface area contributed by atoms with Crippen LogP contribution in [-0.2, 0) is 0 Å². The Morgan fingerprint density at radius 1 is 1.50 bits per heavy atom. The molecule has 0 aliphatic carbocycles. The Hall–Kier alpha value is -0.880.